The second-order valence-electron chi connectivity index (χ2n) is 4.70. The van der Waals surface area contributed by atoms with Gasteiger partial charge in [-0.1, -0.05) is 30.3 Å². The summed E-state index contributed by atoms with van der Waals surface area (Å²) in [5.41, 5.74) is 2.91. The van der Waals surface area contributed by atoms with Gasteiger partial charge in [-0.25, -0.2) is 0 Å². The van der Waals surface area contributed by atoms with Crippen LogP contribution in [0.1, 0.15) is 24.1 Å². The Labute approximate surface area is 124 Å². The molecule has 0 saturated heterocycles. The maximum absolute atomic E-state index is 9.34. The molecule has 0 bridgehead atoms. The predicted molar refractivity (Wildman–Crippen MR) is 82.0 cm³/mol. The summed E-state index contributed by atoms with van der Waals surface area (Å²) in [7, 11) is 0. The van der Waals surface area contributed by atoms with E-state index in [1.807, 2.05) is 54.6 Å². The van der Waals surface area contributed by atoms with Crippen molar-refractivity contribution in [1.82, 2.24) is 0 Å². The van der Waals surface area contributed by atoms with Crippen molar-refractivity contribution >= 4 is 5.69 Å². The van der Waals surface area contributed by atoms with Gasteiger partial charge in [0.2, 0.25) is 0 Å². The smallest absolute Gasteiger partial charge is 0.174 e. The third kappa shape index (κ3) is 3.98. The molecule has 2 N–H and O–H groups in total. The summed E-state index contributed by atoms with van der Waals surface area (Å²) in [6, 6.07) is 17.4. The molecule has 0 saturated carbocycles. The zero-order valence-electron chi connectivity index (χ0n) is 11.9. The van der Waals surface area contributed by atoms with Crippen molar-refractivity contribution in [2.75, 3.05) is 11.9 Å². The number of para-hydroxylation sites is 1. The van der Waals surface area contributed by atoms with Gasteiger partial charge in [0.1, 0.15) is 11.8 Å². The minimum atomic E-state index is 0.0107. The number of aliphatic hydroxyl groups is 1. The topological polar surface area (TPSA) is 65.3 Å². The van der Waals surface area contributed by atoms with Crippen LogP contribution >= 0.6 is 0 Å². The van der Waals surface area contributed by atoms with Gasteiger partial charge in [-0.15, -0.1) is 0 Å². The van der Waals surface area contributed by atoms with Crippen LogP contribution in [0, 0.1) is 11.3 Å². The summed E-state index contributed by atoms with van der Waals surface area (Å²) in [6.07, 6.45) is 0. The molecule has 4 heteroatoms. The highest BCUT2D eigenvalue weighted by molar-refractivity contribution is 5.52. The summed E-state index contributed by atoms with van der Waals surface area (Å²) in [6.45, 7) is 2.12. The summed E-state index contributed by atoms with van der Waals surface area (Å²) >= 11 is 0. The van der Waals surface area contributed by atoms with Crippen LogP contribution in [0.15, 0.2) is 48.5 Å². The van der Waals surface area contributed by atoms with Gasteiger partial charge in [0, 0.05) is 17.3 Å². The van der Waals surface area contributed by atoms with Crippen molar-refractivity contribution in [3.05, 3.63) is 59.7 Å². The van der Waals surface area contributed by atoms with E-state index in [0.717, 1.165) is 16.8 Å². The number of hydrogen-bond acceptors (Lipinski definition) is 4. The third-order valence-corrected chi connectivity index (χ3v) is 3.24. The molecule has 4 nitrogen and oxygen atoms in total. The molecule has 21 heavy (non-hydrogen) atoms. The average molecular weight is 282 g/mol. The summed E-state index contributed by atoms with van der Waals surface area (Å²) in [5, 5.41) is 21.2. The van der Waals surface area contributed by atoms with Crippen molar-refractivity contribution in [1.29, 1.82) is 5.26 Å². The zero-order chi connectivity index (χ0) is 15.1. The molecule has 0 fully saturated rings. The Morgan fingerprint density at radius 2 is 1.90 bits per heavy atom. The first-order valence-electron chi connectivity index (χ1n) is 6.79. The fraction of sp³-hybridized carbons (Fsp3) is 0.235. The van der Waals surface area contributed by atoms with Crippen LogP contribution in [0.4, 0.5) is 5.69 Å². The van der Waals surface area contributed by atoms with Gasteiger partial charge in [-0.3, -0.25) is 0 Å². The molecule has 0 aliphatic heterocycles. The van der Waals surface area contributed by atoms with Crippen LogP contribution in [0.5, 0.6) is 5.75 Å². The van der Waals surface area contributed by atoms with Crippen LogP contribution in [0.3, 0.4) is 0 Å². The number of nitrogens with zero attached hydrogens (tertiary/aromatic N) is 1. The fourth-order valence-electron chi connectivity index (χ4n) is 2.08. The minimum absolute atomic E-state index is 0.0107. The normalized spacial score (nSPS) is 11.5. The molecule has 0 heterocycles. The van der Waals surface area contributed by atoms with E-state index in [9.17, 15) is 5.11 Å². The average Bonchev–Trinajstić information content (AvgIpc) is 2.54. The standard InChI is InChI=1S/C17H18N2O2/c1-13(19-17-5-3-2-4-15(17)12-20)14-6-8-16(9-7-14)21-11-10-18/h2-9,13,19-20H,11-12H2,1H3. The van der Waals surface area contributed by atoms with E-state index in [1.165, 1.54) is 0 Å². The maximum atomic E-state index is 9.34. The molecule has 2 aromatic rings. The summed E-state index contributed by atoms with van der Waals surface area (Å²) in [4.78, 5) is 0. The van der Waals surface area contributed by atoms with Crippen LogP contribution in [0.25, 0.3) is 0 Å². The number of aliphatic hydroxyl groups excluding tert-OH is 1. The number of ether oxygens (including phenoxy) is 1. The van der Waals surface area contributed by atoms with E-state index in [2.05, 4.69) is 12.2 Å². The second-order valence-corrected chi connectivity index (χ2v) is 4.70. The van der Waals surface area contributed by atoms with Gasteiger partial charge in [0.15, 0.2) is 6.61 Å². The van der Waals surface area contributed by atoms with Crippen LogP contribution < -0.4 is 10.1 Å². The van der Waals surface area contributed by atoms with Crippen molar-refractivity contribution in [2.45, 2.75) is 19.6 Å². The number of rotatable bonds is 6. The Morgan fingerprint density at radius 1 is 1.19 bits per heavy atom. The highest BCUT2D eigenvalue weighted by Crippen LogP contribution is 2.24. The largest absolute Gasteiger partial charge is 0.479 e. The number of nitrogens with one attached hydrogen (secondary N) is 1. The number of nitriles is 1. The first-order chi connectivity index (χ1) is 10.2. The van der Waals surface area contributed by atoms with Crippen LogP contribution in [0.2, 0.25) is 0 Å². The molecular formula is C17H18N2O2. The maximum Gasteiger partial charge on any atom is 0.174 e. The molecule has 0 aliphatic rings. The van der Waals surface area contributed by atoms with Gasteiger partial charge < -0.3 is 15.2 Å². The lowest BCUT2D eigenvalue weighted by Gasteiger charge is -2.18. The van der Waals surface area contributed by atoms with E-state index >= 15 is 0 Å². The predicted octanol–water partition coefficient (Wildman–Crippen LogP) is 3.25. The van der Waals surface area contributed by atoms with Crippen LogP contribution in [-0.2, 0) is 6.61 Å². The van der Waals surface area contributed by atoms with E-state index in [-0.39, 0.29) is 19.3 Å². The van der Waals surface area contributed by atoms with Gasteiger partial charge in [-0.05, 0) is 30.7 Å². The Hall–Kier alpha value is -2.51. The monoisotopic (exact) mass is 282 g/mol. The molecule has 108 valence electrons. The van der Waals surface area contributed by atoms with Crippen molar-refractivity contribution in [2.24, 2.45) is 0 Å². The first kappa shape index (κ1) is 14.9. The summed E-state index contributed by atoms with van der Waals surface area (Å²) < 4.78 is 5.23. The summed E-state index contributed by atoms with van der Waals surface area (Å²) in [5.74, 6) is 0.684. The molecule has 0 amide bonds. The quantitative estimate of drug-likeness (QED) is 0.853. The molecule has 1 unspecified atom stereocenters. The van der Waals surface area contributed by atoms with E-state index in [4.69, 9.17) is 10.00 Å². The fourth-order valence-corrected chi connectivity index (χ4v) is 2.08. The molecule has 2 aromatic carbocycles. The third-order valence-electron chi connectivity index (χ3n) is 3.24. The highest BCUT2D eigenvalue weighted by Gasteiger charge is 2.08. The molecule has 1 atom stereocenters. The van der Waals surface area contributed by atoms with Gasteiger partial charge in [0.25, 0.3) is 0 Å². The lowest BCUT2D eigenvalue weighted by molar-refractivity contribution is 0.282. The SMILES string of the molecule is CC(Nc1ccccc1CO)c1ccc(OCC#N)cc1. The molecule has 2 rings (SSSR count). The van der Waals surface area contributed by atoms with Crippen molar-refractivity contribution in [3.63, 3.8) is 0 Å². The Balaban J connectivity index is 2.06. The number of anilines is 1. The Morgan fingerprint density at radius 3 is 2.57 bits per heavy atom. The molecule has 0 aliphatic carbocycles. The van der Waals surface area contributed by atoms with E-state index in [1.54, 1.807) is 0 Å². The highest BCUT2D eigenvalue weighted by atomic mass is 16.5. The Bertz CT molecular complexity index is 617. The Kier molecular flexibility index (Phi) is 5.19. The van der Waals surface area contributed by atoms with Crippen LogP contribution in [-0.4, -0.2) is 11.7 Å². The molecular weight excluding hydrogens is 264 g/mol. The minimum Gasteiger partial charge on any atom is -0.479 e. The molecule has 0 radical (unpaired) electrons. The first-order valence-corrected chi connectivity index (χ1v) is 6.79. The van der Waals surface area contributed by atoms with E-state index in [0.29, 0.717) is 5.75 Å². The van der Waals surface area contributed by atoms with Gasteiger partial charge >= 0.3 is 0 Å². The van der Waals surface area contributed by atoms with Crippen molar-refractivity contribution in [3.8, 4) is 11.8 Å². The number of hydrogen-bond donors (Lipinski definition) is 2. The molecule has 0 spiro atoms. The van der Waals surface area contributed by atoms with Gasteiger partial charge in [-0.2, -0.15) is 5.26 Å². The lowest BCUT2D eigenvalue weighted by Crippen LogP contribution is -2.08. The van der Waals surface area contributed by atoms with Gasteiger partial charge in [0.05, 0.1) is 6.61 Å². The van der Waals surface area contributed by atoms with Crippen molar-refractivity contribution < 1.29 is 9.84 Å². The lowest BCUT2D eigenvalue weighted by atomic mass is 10.1. The number of benzene rings is 2. The molecule has 0 aromatic heterocycles. The zero-order valence-corrected chi connectivity index (χ0v) is 11.9. The second kappa shape index (κ2) is 7.32. The van der Waals surface area contributed by atoms with E-state index < -0.39 is 0 Å².